The van der Waals surface area contributed by atoms with Crippen LogP contribution in [0.4, 0.5) is 4.79 Å². The van der Waals surface area contributed by atoms with Crippen molar-refractivity contribution in [3.8, 4) is 11.5 Å². The van der Waals surface area contributed by atoms with Crippen molar-refractivity contribution in [1.82, 2.24) is 10.2 Å². The number of hydrogen-bond donors (Lipinski definition) is 3. The average Bonchev–Trinajstić information content (AvgIpc) is 3.07. The minimum Gasteiger partial charge on any atom is -0.480 e. The molecule has 32 heavy (non-hydrogen) atoms. The zero-order chi connectivity index (χ0) is 23.3. The maximum Gasteiger partial charge on any atom is 0.326 e. The molecule has 1 saturated heterocycles. The SMILES string of the molecule is CC(N)C(=O)NC(Cc1ccc(Oc2ccc(CN3C(=O)CSC3=O)cc2)cc1)C(=O)O. The Morgan fingerprint density at radius 3 is 2.12 bits per heavy atom. The number of carbonyl (C=O) groups is 4. The summed E-state index contributed by atoms with van der Waals surface area (Å²) < 4.78 is 5.79. The predicted octanol–water partition coefficient (Wildman–Crippen LogP) is 2.13. The minimum absolute atomic E-state index is 0.106. The van der Waals surface area contributed by atoms with Crippen molar-refractivity contribution in [3.05, 3.63) is 59.7 Å². The number of carbonyl (C=O) groups excluding carboxylic acids is 3. The Hall–Kier alpha value is -3.37. The van der Waals surface area contributed by atoms with Crippen molar-refractivity contribution in [3.63, 3.8) is 0 Å². The van der Waals surface area contributed by atoms with E-state index in [0.29, 0.717) is 17.1 Å². The first-order valence-electron chi connectivity index (χ1n) is 9.84. The van der Waals surface area contributed by atoms with Gasteiger partial charge in [-0.2, -0.15) is 0 Å². The normalized spacial score (nSPS) is 15.4. The number of nitrogens with two attached hydrogens (primary N) is 1. The van der Waals surface area contributed by atoms with Gasteiger partial charge in [0.2, 0.25) is 11.8 Å². The first kappa shape index (κ1) is 23.3. The lowest BCUT2D eigenvalue weighted by Gasteiger charge is -2.16. The molecule has 0 spiro atoms. The van der Waals surface area contributed by atoms with Crippen LogP contribution in [0.5, 0.6) is 11.5 Å². The van der Waals surface area contributed by atoms with E-state index in [4.69, 9.17) is 10.5 Å². The van der Waals surface area contributed by atoms with Crippen molar-refractivity contribution < 1.29 is 29.0 Å². The van der Waals surface area contributed by atoms with Gasteiger partial charge in [0.05, 0.1) is 18.3 Å². The van der Waals surface area contributed by atoms with Crippen LogP contribution in [0, 0.1) is 0 Å². The largest absolute Gasteiger partial charge is 0.480 e. The summed E-state index contributed by atoms with van der Waals surface area (Å²) in [6, 6.07) is 12.0. The number of imide groups is 1. The number of rotatable bonds is 9. The van der Waals surface area contributed by atoms with Gasteiger partial charge in [0.1, 0.15) is 17.5 Å². The molecule has 2 aromatic rings. The van der Waals surface area contributed by atoms with Gasteiger partial charge in [-0.05, 0) is 42.3 Å². The molecule has 1 heterocycles. The average molecular weight is 458 g/mol. The van der Waals surface area contributed by atoms with Crippen LogP contribution in [-0.4, -0.2) is 50.9 Å². The molecule has 1 fully saturated rings. The Balaban J connectivity index is 1.58. The Labute approximate surface area is 188 Å². The summed E-state index contributed by atoms with van der Waals surface area (Å²) >= 11 is 1.00. The summed E-state index contributed by atoms with van der Waals surface area (Å²) in [7, 11) is 0. The van der Waals surface area contributed by atoms with Crippen LogP contribution in [0.2, 0.25) is 0 Å². The van der Waals surface area contributed by atoms with E-state index in [0.717, 1.165) is 17.3 Å². The number of nitrogens with one attached hydrogen (secondary N) is 1. The molecule has 0 radical (unpaired) electrons. The lowest BCUT2D eigenvalue weighted by molar-refractivity contribution is -0.141. The Morgan fingerprint density at radius 2 is 1.66 bits per heavy atom. The third-order valence-electron chi connectivity index (χ3n) is 4.73. The number of thioether (sulfide) groups is 1. The first-order valence-corrected chi connectivity index (χ1v) is 10.8. The number of nitrogens with zero attached hydrogens (tertiary/aromatic N) is 1. The fraction of sp³-hybridized carbons (Fsp3) is 0.273. The van der Waals surface area contributed by atoms with Crippen LogP contribution in [0.1, 0.15) is 18.1 Å². The second-order valence-corrected chi connectivity index (χ2v) is 8.24. The van der Waals surface area contributed by atoms with Crippen LogP contribution >= 0.6 is 11.8 Å². The lowest BCUT2D eigenvalue weighted by atomic mass is 10.1. The molecule has 0 saturated carbocycles. The van der Waals surface area contributed by atoms with E-state index in [1.807, 2.05) is 0 Å². The van der Waals surface area contributed by atoms with E-state index in [-0.39, 0.29) is 29.9 Å². The first-order chi connectivity index (χ1) is 15.2. The molecule has 4 N–H and O–H groups in total. The van der Waals surface area contributed by atoms with Gasteiger partial charge in [0.25, 0.3) is 5.24 Å². The van der Waals surface area contributed by atoms with Crippen LogP contribution in [0.15, 0.2) is 48.5 Å². The molecule has 168 valence electrons. The van der Waals surface area contributed by atoms with E-state index in [2.05, 4.69) is 5.32 Å². The fourth-order valence-electron chi connectivity index (χ4n) is 2.95. The number of amides is 3. The molecule has 3 rings (SSSR count). The van der Waals surface area contributed by atoms with Crippen LogP contribution in [0.3, 0.4) is 0 Å². The molecule has 9 nitrogen and oxygen atoms in total. The van der Waals surface area contributed by atoms with Gasteiger partial charge in [-0.15, -0.1) is 0 Å². The highest BCUT2D eigenvalue weighted by atomic mass is 32.2. The van der Waals surface area contributed by atoms with E-state index in [9.17, 15) is 24.3 Å². The second kappa shape index (κ2) is 10.3. The predicted molar refractivity (Wildman–Crippen MR) is 118 cm³/mol. The Kier molecular flexibility index (Phi) is 7.49. The molecule has 2 atom stereocenters. The highest BCUT2D eigenvalue weighted by molar-refractivity contribution is 8.14. The van der Waals surface area contributed by atoms with Gasteiger partial charge in [-0.3, -0.25) is 19.3 Å². The molecule has 1 aliphatic heterocycles. The maximum atomic E-state index is 11.7. The van der Waals surface area contributed by atoms with E-state index in [1.165, 1.54) is 11.8 Å². The van der Waals surface area contributed by atoms with Gasteiger partial charge in [0.15, 0.2) is 0 Å². The van der Waals surface area contributed by atoms with Gasteiger partial charge < -0.3 is 20.9 Å². The third kappa shape index (κ3) is 6.08. The summed E-state index contributed by atoms with van der Waals surface area (Å²) in [5.74, 6) is -0.560. The molecular weight excluding hydrogens is 434 g/mol. The highest BCUT2D eigenvalue weighted by Gasteiger charge is 2.29. The smallest absolute Gasteiger partial charge is 0.326 e. The summed E-state index contributed by atoms with van der Waals surface area (Å²) in [5, 5.41) is 11.5. The molecule has 0 aliphatic carbocycles. The van der Waals surface area contributed by atoms with E-state index >= 15 is 0 Å². The Bertz CT molecular complexity index is 991. The number of carboxylic acids is 1. The van der Waals surface area contributed by atoms with Crippen molar-refractivity contribution in [1.29, 1.82) is 0 Å². The van der Waals surface area contributed by atoms with Crippen LogP contribution < -0.4 is 15.8 Å². The molecule has 0 bridgehead atoms. The number of aliphatic carboxylic acids is 1. The molecule has 1 aliphatic rings. The van der Waals surface area contributed by atoms with Crippen LogP contribution in [0.25, 0.3) is 0 Å². The quantitative estimate of drug-likeness (QED) is 0.520. The number of ether oxygens (including phenoxy) is 1. The van der Waals surface area contributed by atoms with Gasteiger partial charge in [0, 0.05) is 6.42 Å². The minimum atomic E-state index is -1.14. The zero-order valence-electron chi connectivity index (χ0n) is 17.3. The summed E-state index contributed by atoms with van der Waals surface area (Å²) in [4.78, 5) is 47.8. The number of hydrogen-bond acceptors (Lipinski definition) is 7. The fourth-order valence-corrected chi connectivity index (χ4v) is 3.67. The molecule has 10 heteroatoms. The van der Waals surface area contributed by atoms with Crippen molar-refractivity contribution >= 4 is 34.8 Å². The summed E-state index contributed by atoms with van der Waals surface area (Å²) in [6.07, 6.45) is 0.106. The highest BCUT2D eigenvalue weighted by Crippen LogP contribution is 2.25. The van der Waals surface area contributed by atoms with Crippen molar-refractivity contribution in [2.75, 3.05) is 5.75 Å². The maximum absolute atomic E-state index is 11.7. The summed E-state index contributed by atoms with van der Waals surface area (Å²) in [5.41, 5.74) is 7.00. The van der Waals surface area contributed by atoms with Crippen molar-refractivity contribution in [2.45, 2.75) is 32.0 Å². The number of carboxylic acid groups (broad SMARTS) is 1. The molecule has 2 unspecified atom stereocenters. The number of benzene rings is 2. The Morgan fingerprint density at radius 1 is 1.09 bits per heavy atom. The third-order valence-corrected chi connectivity index (χ3v) is 5.59. The van der Waals surface area contributed by atoms with Gasteiger partial charge in [-0.25, -0.2) is 4.79 Å². The van der Waals surface area contributed by atoms with E-state index in [1.54, 1.807) is 48.5 Å². The second-order valence-electron chi connectivity index (χ2n) is 7.32. The topological polar surface area (TPSA) is 139 Å². The van der Waals surface area contributed by atoms with Crippen molar-refractivity contribution in [2.24, 2.45) is 5.73 Å². The molecule has 0 aromatic heterocycles. The summed E-state index contributed by atoms with van der Waals surface area (Å²) in [6.45, 7) is 1.71. The standard InChI is InChI=1S/C22H23N3O6S/c1-13(23)20(27)24-18(21(28)29)10-14-2-6-16(7-3-14)31-17-8-4-15(5-9-17)11-25-19(26)12-32-22(25)30/h2-9,13,18H,10-12,23H2,1H3,(H,24,27)(H,28,29). The molecular formula is C22H23N3O6S. The van der Waals surface area contributed by atoms with Gasteiger partial charge >= 0.3 is 5.97 Å². The monoisotopic (exact) mass is 457 g/mol. The molecule has 2 aromatic carbocycles. The zero-order valence-corrected chi connectivity index (χ0v) is 18.1. The molecule has 3 amide bonds. The van der Waals surface area contributed by atoms with Crippen LogP contribution in [-0.2, 0) is 27.3 Å². The lowest BCUT2D eigenvalue weighted by Crippen LogP contribution is -2.48. The van der Waals surface area contributed by atoms with Gasteiger partial charge in [-0.1, -0.05) is 36.0 Å². The van der Waals surface area contributed by atoms with E-state index < -0.39 is 24.0 Å².